The summed E-state index contributed by atoms with van der Waals surface area (Å²) in [7, 11) is 0. The van der Waals surface area contributed by atoms with E-state index < -0.39 is 18.8 Å². The second-order valence-electron chi connectivity index (χ2n) is 3.74. The van der Waals surface area contributed by atoms with Crippen LogP contribution in [0.2, 0.25) is 0 Å². The summed E-state index contributed by atoms with van der Waals surface area (Å²) in [6.07, 6.45) is -2.45. The molecule has 1 N–H and O–H groups in total. The van der Waals surface area contributed by atoms with Crippen molar-refractivity contribution < 1.29 is 13.2 Å². The van der Waals surface area contributed by atoms with Gasteiger partial charge in [-0.25, -0.2) is 13.2 Å². The normalized spacial score (nSPS) is 11.1. The summed E-state index contributed by atoms with van der Waals surface area (Å²) >= 11 is 0. The van der Waals surface area contributed by atoms with E-state index in [1.165, 1.54) is 18.2 Å². The quantitative estimate of drug-likeness (QED) is 0.889. The van der Waals surface area contributed by atoms with Gasteiger partial charge in [0.1, 0.15) is 5.82 Å². The highest BCUT2D eigenvalue weighted by Gasteiger charge is 2.07. The minimum absolute atomic E-state index is 0.414. The number of benzene rings is 1. The average molecular weight is 240 g/mol. The number of rotatable bonds is 3. The molecule has 0 saturated carbocycles. The second-order valence-corrected chi connectivity index (χ2v) is 3.74. The fourth-order valence-corrected chi connectivity index (χ4v) is 1.66. The first-order valence-corrected chi connectivity index (χ1v) is 5.15. The minimum Gasteiger partial charge on any atom is -0.379 e. The van der Waals surface area contributed by atoms with E-state index >= 15 is 0 Å². The van der Waals surface area contributed by atoms with Gasteiger partial charge < -0.3 is 5.32 Å². The number of aryl methyl sites for hydroxylation is 1. The van der Waals surface area contributed by atoms with Crippen molar-refractivity contribution in [1.29, 1.82) is 0 Å². The molecule has 90 valence electrons. The van der Waals surface area contributed by atoms with Crippen LogP contribution in [0.3, 0.4) is 0 Å². The third kappa shape index (κ3) is 2.67. The van der Waals surface area contributed by atoms with Crippen LogP contribution in [0.4, 0.5) is 18.9 Å². The Balaban J connectivity index is 2.48. The van der Waals surface area contributed by atoms with Crippen molar-refractivity contribution in [1.82, 2.24) is 4.98 Å². The van der Waals surface area contributed by atoms with Gasteiger partial charge >= 0.3 is 0 Å². The fraction of sp³-hybridized carbons (Fsp3) is 0.250. The molecule has 0 unspecified atom stereocenters. The zero-order valence-electron chi connectivity index (χ0n) is 9.17. The Hall–Kier alpha value is -1.78. The average Bonchev–Trinajstić information content (AvgIpc) is 2.26. The van der Waals surface area contributed by atoms with Crippen LogP contribution in [0.1, 0.15) is 5.69 Å². The van der Waals surface area contributed by atoms with Crippen molar-refractivity contribution in [3.05, 3.63) is 35.8 Å². The fourth-order valence-electron chi connectivity index (χ4n) is 1.66. The smallest absolute Gasteiger partial charge is 0.255 e. The highest BCUT2D eigenvalue weighted by atomic mass is 19.3. The maximum absolute atomic E-state index is 13.1. The Kier molecular flexibility index (Phi) is 3.17. The topological polar surface area (TPSA) is 24.9 Å². The lowest BCUT2D eigenvalue weighted by molar-refractivity contribution is 0.163. The third-order valence-corrected chi connectivity index (χ3v) is 2.35. The highest BCUT2D eigenvalue weighted by molar-refractivity contribution is 5.91. The molecule has 5 heteroatoms. The lowest BCUT2D eigenvalue weighted by atomic mass is 10.1. The number of hydrogen-bond acceptors (Lipinski definition) is 2. The molecule has 0 spiro atoms. The summed E-state index contributed by atoms with van der Waals surface area (Å²) in [5.41, 5.74) is 1.76. The van der Waals surface area contributed by atoms with Crippen LogP contribution in [0.5, 0.6) is 0 Å². The monoisotopic (exact) mass is 240 g/mol. The number of pyridine rings is 1. The van der Waals surface area contributed by atoms with Gasteiger partial charge in [-0.05, 0) is 31.2 Å². The molecule has 2 rings (SSSR count). The first-order valence-electron chi connectivity index (χ1n) is 5.15. The Bertz CT molecular complexity index is 541. The van der Waals surface area contributed by atoms with Crippen LogP contribution in [-0.4, -0.2) is 18.0 Å². The number of alkyl halides is 2. The molecule has 0 atom stereocenters. The highest BCUT2D eigenvalue weighted by Crippen LogP contribution is 2.24. The number of nitrogens with zero attached hydrogens (tertiary/aromatic N) is 1. The molecule has 0 radical (unpaired) electrons. The van der Waals surface area contributed by atoms with Crippen LogP contribution >= 0.6 is 0 Å². The molecule has 0 amide bonds. The van der Waals surface area contributed by atoms with E-state index in [2.05, 4.69) is 10.3 Å². The molecular weight excluding hydrogens is 229 g/mol. The Labute approximate surface area is 96.5 Å². The summed E-state index contributed by atoms with van der Waals surface area (Å²) in [6.45, 7) is 1.30. The second kappa shape index (κ2) is 4.61. The van der Waals surface area contributed by atoms with Gasteiger partial charge in [-0.15, -0.1) is 0 Å². The van der Waals surface area contributed by atoms with Gasteiger partial charge in [-0.1, -0.05) is 0 Å². The predicted octanol–water partition coefficient (Wildman–Crippen LogP) is 3.36. The van der Waals surface area contributed by atoms with E-state index in [0.29, 0.717) is 22.3 Å². The summed E-state index contributed by atoms with van der Waals surface area (Å²) in [6, 6.07) is 5.75. The molecule has 1 aromatic heterocycles. The van der Waals surface area contributed by atoms with E-state index in [9.17, 15) is 13.2 Å². The number of aromatic nitrogens is 1. The molecule has 1 aromatic carbocycles. The molecule has 17 heavy (non-hydrogen) atoms. The SMILES string of the molecule is Cc1cc(NCC(F)F)c2cc(F)ccc2n1. The van der Waals surface area contributed by atoms with E-state index in [4.69, 9.17) is 0 Å². The van der Waals surface area contributed by atoms with Gasteiger partial charge in [0.25, 0.3) is 6.43 Å². The van der Waals surface area contributed by atoms with E-state index in [1.807, 2.05) is 0 Å². The number of halogens is 3. The first kappa shape index (κ1) is 11.7. The van der Waals surface area contributed by atoms with Crippen LogP contribution in [0, 0.1) is 12.7 Å². The van der Waals surface area contributed by atoms with Crippen LogP contribution < -0.4 is 5.32 Å². The van der Waals surface area contributed by atoms with Crippen molar-refractivity contribution >= 4 is 16.6 Å². The molecule has 0 aliphatic heterocycles. The van der Waals surface area contributed by atoms with Gasteiger partial charge in [0.05, 0.1) is 12.1 Å². The molecule has 1 heterocycles. The van der Waals surface area contributed by atoms with Crippen molar-refractivity contribution in [2.24, 2.45) is 0 Å². The van der Waals surface area contributed by atoms with Crippen LogP contribution in [0.15, 0.2) is 24.3 Å². The van der Waals surface area contributed by atoms with Crippen molar-refractivity contribution in [3.8, 4) is 0 Å². The largest absolute Gasteiger partial charge is 0.379 e. The van der Waals surface area contributed by atoms with E-state index in [-0.39, 0.29) is 0 Å². The van der Waals surface area contributed by atoms with Gasteiger partial charge in [0, 0.05) is 16.8 Å². The molecule has 2 nitrogen and oxygen atoms in total. The first-order chi connectivity index (χ1) is 8.06. The summed E-state index contributed by atoms with van der Waals surface area (Å²) in [4.78, 5) is 4.21. The molecular formula is C12H11F3N2. The van der Waals surface area contributed by atoms with Crippen LogP contribution in [0.25, 0.3) is 10.9 Å². The minimum atomic E-state index is -2.45. The van der Waals surface area contributed by atoms with E-state index in [0.717, 1.165) is 0 Å². The lowest BCUT2D eigenvalue weighted by Gasteiger charge is -2.10. The van der Waals surface area contributed by atoms with Crippen molar-refractivity contribution in [3.63, 3.8) is 0 Å². The number of anilines is 1. The number of nitrogens with one attached hydrogen (secondary N) is 1. The summed E-state index contributed by atoms with van der Waals surface area (Å²) < 4.78 is 37.4. The Morgan fingerprint density at radius 2 is 2.06 bits per heavy atom. The maximum atomic E-state index is 13.1. The Morgan fingerprint density at radius 1 is 1.29 bits per heavy atom. The Morgan fingerprint density at radius 3 is 2.76 bits per heavy atom. The van der Waals surface area contributed by atoms with Gasteiger partial charge in [0.2, 0.25) is 0 Å². The predicted molar refractivity (Wildman–Crippen MR) is 60.9 cm³/mol. The van der Waals surface area contributed by atoms with Crippen LogP contribution in [-0.2, 0) is 0 Å². The number of hydrogen-bond donors (Lipinski definition) is 1. The zero-order chi connectivity index (χ0) is 12.4. The van der Waals surface area contributed by atoms with Gasteiger partial charge in [-0.2, -0.15) is 0 Å². The summed E-state index contributed by atoms with van der Waals surface area (Å²) in [5.74, 6) is -0.414. The van der Waals surface area contributed by atoms with Gasteiger partial charge in [0.15, 0.2) is 0 Å². The third-order valence-electron chi connectivity index (χ3n) is 2.35. The standard InChI is InChI=1S/C12H11F3N2/c1-7-4-11(16-6-12(14)15)9-5-8(13)2-3-10(9)17-7/h2-5,12H,6H2,1H3,(H,16,17). The molecule has 0 aliphatic rings. The molecule has 0 bridgehead atoms. The van der Waals surface area contributed by atoms with Crippen molar-refractivity contribution in [2.75, 3.05) is 11.9 Å². The molecule has 2 aromatic rings. The van der Waals surface area contributed by atoms with Gasteiger partial charge in [-0.3, -0.25) is 4.98 Å². The molecule has 0 aliphatic carbocycles. The zero-order valence-corrected chi connectivity index (χ0v) is 9.17. The van der Waals surface area contributed by atoms with Crippen molar-refractivity contribution in [2.45, 2.75) is 13.3 Å². The molecule has 0 saturated heterocycles. The maximum Gasteiger partial charge on any atom is 0.255 e. The lowest BCUT2D eigenvalue weighted by Crippen LogP contribution is -2.10. The molecule has 0 fully saturated rings. The number of fused-ring (bicyclic) bond motifs is 1. The summed E-state index contributed by atoms with van der Waals surface area (Å²) in [5, 5.41) is 3.11. The van der Waals surface area contributed by atoms with E-state index in [1.54, 1.807) is 13.0 Å².